The molecule has 8 heteroatoms. The van der Waals surface area contributed by atoms with E-state index in [-0.39, 0.29) is 0 Å². The molecule has 1 unspecified atom stereocenters. The Morgan fingerprint density at radius 1 is 1.44 bits per heavy atom. The normalized spacial score (nSPS) is 13.3. The van der Waals surface area contributed by atoms with Gasteiger partial charge >= 0.3 is 5.97 Å². The lowest BCUT2D eigenvalue weighted by molar-refractivity contribution is -0.137. The monoisotopic (exact) mass is 280 g/mol. The molecule has 100 valence electrons. The van der Waals surface area contributed by atoms with Gasteiger partial charge in [0.2, 0.25) is 0 Å². The van der Waals surface area contributed by atoms with Gasteiger partial charge in [-0.1, -0.05) is 0 Å². The van der Waals surface area contributed by atoms with Crippen LogP contribution in [0.5, 0.6) is 0 Å². The maximum atomic E-state index is 13.4. The predicted molar refractivity (Wildman–Crippen MR) is 56.8 cm³/mol. The summed E-state index contributed by atoms with van der Waals surface area (Å²) in [6, 6.07) is 1.80. The highest BCUT2D eigenvalue weighted by Crippen LogP contribution is 2.21. The van der Waals surface area contributed by atoms with Gasteiger partial charge in [0.05, 0.1) is 6.61 Å². The SMILES string of the molecule is COCC(C(=O)O)S(=O)(=O)c1ccc(F)cc1F. The average molecular weight is 280 g/mol. The van der Waals surface area contributed by atoms with E-state index in [2.05, 4.69) is 4.74 Å². The van der Waals surface area contributed by atoms with E-state index in [1.54, 1.807) is 0 Å². The first-order valence-corrected chi connectivity index (χ1v) is 6.26. The number of carboxylic acids is 1. The highest BCUT2D eigenvalue weighted by molar-refractivity contribution is 7.92. The standard InChI is InChI=1S/C10H10F2O5S/c1-17-5-9(10(13)14)18(15,16)8-3-2-6(11)4-7(8)12/h2-4,9H,5H2,1H3,(H,13,14). The molecule has 0 radical (unpaired) electrons. The Bertz CT molecular complexity index is 555. The molecular formula is C10H10F2O5S. The first-order chi connectivity index (χ1) is 8.30. The third-order valence-corrected chi connectivity index (χ3v) is 4.20. The van der Waals surface area contributed by atoms with Gasteiger partial charge in [-0.05, 0) is 12.1 Å². The molecule has 0 amide bonds. The van der Waals surface area contributed by atoms with Gasteiger partial charge in [0.15, 0.2) is 15.1 Å². The number of carbonyl (C=O) groups is 1. The molecule has 1 atom stereocenters. The van der Waals surface area contributed by atoms with Crippen molar-refractivity contribution in [1.29, 1.82) is 0 Å². The topological polar surface area (TPSA) is 80.7 Å². The van der Waals surface area contributed by atoms with E-state index in [0.717, 1.165) is 13.2 Å². The van der Waals surface area contributed by atoms with Crippen LogP contribution >= 0.6 is 0 Å². The number of ether oxygens (including phenoxy) is 1. The summed E-state index contributed by atoms with van der Waals surface area (Å²) >= 11 is 0. The van der Waals surface area contributed by atoms with Crippen LogP contribution in [0, 0.1) is 11.6 Å². The summed E-state index contributed by atoms with van der Waals surface area (Å²) in [5, 5.41) is 6.85. The zero-order valence-corrected chi connectivity index (χ0v) is 10.1. The van der Waals surface area contributed by atoms with E-state index in [1.165, 1.54) is 0 Å². The van der Waals surface area contributed by atoms with Crippen molar-refractivity contribution < 1.29 is 31.8 Å². The molecule has 0 spiro atoms. The van der Waals surface area contributed by atoms with Crippen LogP contribution in [0.25, 0.3) is 0 Å². The molecule has 5 nitrogen and oxygen atoms in total. The van der Waals surface area contributed by atoms with Gasteiger partial charge in [0.1, 0.15) is 16.5 Å². The molecule has 0 aliphatic heterocycles. The molecule has 0 aliphatic carbocycles. The zero-order chi connectivity index (χ0) is 13.9. The molecule has 0 aliphatic rings. The molecule has 0 heterocycles. The van der Waals surface area contributed by atoms with Gasteiger partial charge in [0.25, 0.3) is 0 Å². The van der Waals surface area contributed by atoms with Crippen molar-refractivity contribution in [3.05, 3.63) is 29.8 Å². The van der Waals surface area contributed by atoms with Crippen LogP contribution in [0.1, 0.15) is 0 Å². The van der Waals surface area contributed by atoms with Gasteiger partial charge in [0, 0.05) is 13.2 Å². The Morgan fingerprint density at radius 3 is 2.50 bits per heavy atom. The lowest BCUT2D eigenvalue weighted by Crippen LogP contribution is -2.34. The fraction of sp³-hybridized carbons (Fsp3) is 0.300. The highest BCUT2D eigenvalue weighted by Gasteiger charge is 2.36. The molecule has 0 aromatic heterocycles. The average Bonchev–Trinajstić information content (AvgIpc) is 2.24. The summed E-state index contributed by atoms with van der Waals surface area (Å²) in [7, 11) is -3.36. The van der Waals surface area contributed by atoms with E-state index in [4.69, 9.17) is 5.11 Å². The van der Waals surface area contributed by atoms with E-state index in [0.29, 0.717) is 12.1 Å². The number of aliphatic carboxylic acids is 1. The van der Waals surface area contributed by atoms with Crippen LogP contribution in [0.2, 0.25) is 0 Å². The summed E-state index contributed by atoms with van der Waals surface area (Å²) in [4.78, 5) is 9.96. The second-order valence-corrected chi connectivity index (χ2v) is 5.50. The summed E-state index contributed by atoms with van der Waals surface area (Å²) in [5.74, 6) is -3.96. The minimum Gasteiger partial charge on any atom is -0.480 e. The minimum absolute atomic E-state index is 0.374. The Hall–Kier alpha value is -1.54. The van der Waals surface area contributed by atoms with E-state index < -0.39 is 44.2 Å². The van der Waals surface area contributed by atoms with Crippen LogP contribution in [0.4, 0.5) is 8.78 Å². The quantitative estimate of drug-likeness (QED) is 0.808. The molecular weight excluding hydrogens is 270 g/mol. The highest BCUT2D eigenvalue weighted by atomic mass is 32.2. The largest absolute Gasteiger partial charge is 0.480 e. The van der Waals surface area contributed by atoms with Crippen molar-refractivity contribution in [3.63, 3.8) is 0 Å². The van der Waals surface area contributed by atoms with Crippen molar-refractivity contribution in [2.75, 3.05) is 13.7 Å². The van der Waals surface area contributed by atoms with Gasteiger partial charge in [-0.2, -0.15) is 0 Å². The second-order valence-electron chi connectivity index (χ2n) is 3.40. The number of hydrogen-bond acceptors (Lipinski definition) is 4. The number of carboxylic acid groups (broad SMARTS) is 1. The fourth-order valence-corrected chi connectivity index (χ4v) is 2.78. The van der Waals surface area contributed by atoms with E-state index in [1.807, 2.05) is 0 Å². The Labute approximate surface area is 102 Å². The van der Waals surface area contributed by atoms with Crippen LogP contribution in [0.3, 0.4) is 0 Å². The third-order valence-electron chi connectivity index (χ3n) is 2.17. The van der Waals surface area contributed by atoms with Crippen molar-refractivity contribution in [1.82, 2.24) is 0 Å². The van der Waals surface area contributed by atoms with Crippen LogP contribution in [-0.2, 0) is 19.4 Å². The van der Waals surface area contributed by atoms with Gasteiger partial charge < -0.3 is 9.84 Å². The number of benzene rings is 1. The van der Waals surface area contributed by atoms with Crippen molar-refractivity contribution in [2.24, 2.45) is 0 Å². The van der Waals surface area contributed by atoms with E-state index in [9.17, 15) is 22.0 Å². The fourth-order valence-electron chi connectivity index (χ4n) is 1.30. The maximum absolute atomic E-state index is 13.4. The van der Waals surface area contributed by atoms with E-state index >= 15 is 0 Å². The van der Waals surface area contributed by atoms with Crippen LogP contribution < -0.4 is 0 Å². The van der Waals surface area contributed by atoms with Crippen molar-refractivity contribution in [3.8, 4) is 0 Å². The Morgan fingerprint density at radius 2 is 2.06 bits per heavy atom. The lowest BCUT2D eigenvalue weighted by atomic mass is 10.3. The number of rotatable bonds is 5. The lowest BCUT2D eigenvalue weighted by Gasteiger charge is -2.13. The second kappa shape index (κ2) is 5.40. The molecule has 1 aromatic rings. The summed E-state index contributed by atoms with van der Waals surface area (Å²) in [6.07, 6.45) is 0. The molecule has 0 fully saturated rings. The molecule has 0 saturated carbocycles. The minimum atomic E-state index is -4.48. The number of sulfone groups is 1. The van der Waals surface area contributed by atoms with Crippen molar-refractivity contribution >= 4 is 15.8 Å². The smallest absolute Gasteiger partial charge is 0.324 e. The van der Waals surface area contributed by atoms with Gasteiger partial charge in [-0.25, -0.2) is 17.2 Å². The molecule has 0 bridgehead atoms. The number of methoxy groups -OCH3 is 1. The molecule has 1 aromatic carbocycles. The summed E-state index contributed by atoms with van der Waals surface area (Å²) in [6.45, 7) is -0.630. The van der Waals surface area contributed by atoms with Gasteiger partial charge in [-0.15, -0.1) is 0 Å². The Kier molecular flexibility index (Phi) is 4.36. The summed E-state index contributed by atoms with van der Waals surface area (Å²) in [5.41, 5.74) is 0. The predicted octanol–water partition coefficient (Wildman–Crippen LogP) is 0.838. The number of hydrogen-bond donors (Lipinski definition) is 1. The molecule has 0 saturated heterocycles. The van der Waals surface area contributed by atoms with Gasteiger partial charge in [-0.3, -0.25) is 4.79 Å². The first-order valence-electron chi connectivity index (χ1n) is 4.71. The molecule has 1 rings (SSSR count). The van der Waals surface area contributed by atoms with Crippen LogP contribution in [-0.4, -0.2) is 38.5 Å². The Balaban J connectivity index is 3.31. The maximum Gasteiger partial charge on any atom is 0.324 e. The first kappa shape index (κ1) is 14.5. The molecule has 1 N–H and O–H groups in total. The third kappa shape index (κ3) is 2.82. The van der Waals surface area contributed by atoms with Crippen molar-refractivity contribution in [2.45, 2.75) is 10.1 Å². The van der Waals surface area contributed by atoms with Crippen LogP contribution in [0.15, 0.2) is 23.1 Å². The number of halogens is 2. The zero-order valence-electron chi connectivity index (χ0n) is 9.26. The molecule has 18 heavy (non-hydrogen) atoms. The summed E-state index contributed by atoms with van der Waals surface area (Å²) < 4.78 is 54.3.